The van der Waals surface area contributed by atoms with Crippen molar-refractivity contribution in [2.75, 3.05) is 18.1 Å². The highest BCUT2D eigenvalue weighted by Gasteiger charge is 2.31. The number of fused-ring (bicyclic) bond motifs is 2. The van der Waals surface area contributed by atoms with Crippen LogP contribution in [0.3, 0.4) is 0 Å². The minimum atomic E-state index is -0.403. The van der Waals surface area contributed by atoms with Crippen molar-refractivity contribution in [2.45, 2.75) is 19.4 Å². The number of aliphatic hydroxyl groups is 1. The lowest BCUT2D eigenvalue weighted by Gasteiger charge is -2.37. The molecule has 0 saturated heterocycles. The van der Waals surface area contributed by atoms with Gasteiger partial charge in [0.25, 0.3) is 0 Å². The lowest BCUT2D eigenvalue weighted by Crippen LogP contribution is -2.43. The fourth-order valence-corrected chi connectivity index (χ4v) is 4.32. The van der Waals surface area contributed by atoms with Crippen LogP contribution in [0.15, 0.2) is 53.1 Å². The van der Waals surface area contributed by atoms with E-state index in [0.717, 1.165) is 29.1 Å². The molecule has 0 spiro atoms. The maximum atomic E-state index is 14.4. The predicted molar refractivity (Wildman–Crippen MR) is 121 cm³/mol. The van der Waals surface area contributed by atoms with E-state index in [1.807, 2.05) is 41.4 Å². The molecular formula is C23H20BrFN4O2. The lowest BCUT2D eigenvalue weighted by molar-refractivity contribution is 0.195. The maximum Gasteiger partial charge on any atom is 0.154 e. The van der Waals surface area contributed by atoms with Crippen molar-refractivity contribution < 1.29 is 14.2 Å². The molecule has 0 radical (unpaired) electrons. The highest BCUT2D eigenvalue weighted by molar-refractivity contribution is 9.10. The summed E-state index contributed by atoms with van der Waals surface area (Å²) in [7, 11) is 0. The molecule has 0 amide bonds. The molecule has 5 rings (SSSR count). The van der Waals surface area contributed by atoms with Crippen LogP contribution in [-0.4, -0.2) is 39.3 Å². The van der Waals surface area contributed by atoms with E-state index in [-0.39, 0.29) is 24.8 Å². The number of imidazole rings is 1. The van der Waals surface area contributed by atoms with E-state index in [1.54, 1.807) is 6.07 Å². The molecule has 2 aromatic carbocycles. The first-order valence-electron chi connectivity index (χ1n) is 10.0. The summed E-state index contributed by atoms with van der Waals surface area (Å²) in [6, 6.07) is 12.6. The van der Waals surface area contributed by atoms with Crippen molar-refractivity contribution in [1.82, 2.24) is 15.0 Å². The van der Waals surface area contributed by atoms with Gasteiger partial charge in [0.2, 0.25) is 0 Å². The van der Waals surface area contributed by atoms with Gasteiger partial charge in [0.05, 0.1) is 29.4 Å². The first-order chi connectivity index (χ1) is 15.1. The number of hydrogen-bond acceptors (Lipinski definition) is 5. The Morgan fingerprint density at radius 1 is 1.29 bits per heavy atom. The average Bonchev–Trinajstić information content (AvgIpc) is 3.22. The predicted octanol–water partition coefficient (Wildman–Crippen LogP) is 4.98. The monoisotopic (exact) mass is 482 g/mol. The first-order valence-corrected chi connectivity index (χ1v) is 10.8. The number of aliphatic hydroxyl groups excluding tert-OH is 1. The standard InChI is InChI=1S/C23H20BrFN4O2/c1-2-13-6-7-20(26-10-13)29-15(11-30)12-31-22-16(4-3-5-19(22)29)23-27-18-9-14(24)8-17(25)21(18)28-23/h3-10,15,30H,2,11-12H2,1H3,(H,27,28)/t15-/m0/s1. The van der Waals surface area contributed by atoms with E-state index in [9.17, 15) is 9.50 Å². The lowest BCUT2D eigenvalue weighted by atomic mass is 10.1. The van der Waals surface area contributed by atoms with Crippen LogP contribution < -0.4 is 9.64 Å². The molecular weight excluding hydrogens is 463 g/mol. The van der Waals surface area contributed by atoms with Crippen molar-refractivity contribution in [3.05, 3.63) is 64.5 Å². The van der Waals surface area contributed by atoms with Crippen molar-refractivity contribution in [3.63, 3.8) is 0 Å². The number of nitrogens with zero attached hydrogens (tertiary/aromatic N) is 3. The van der Waals surface area contributed by atoms with Crippen LogP contribution in [0, 0.1) is 5.82 Å². The number of hydrogen-bond donors (Lipinski definition) is 2. The topological polar surface area (TPSA) is 74.3 Å². The van der Waals surface area contributed by atoms with Gasteiger partial charge in [-0.05, 0) is 42.3 Å². The van der Waals surface area contributed by atoms with E-state index in [1.165, 1.54) is 6.07 Å². The van der Waals surface area contributed by atoms with Crippen LogP contribution in [0.2, 0.25) is 0 Å². The third kappa shape index (κ3) is 3.45. The Kier molecular flexibility index (Phi) is 5.11. The zero-order valence-electron chi connectivity index (χ0n) is 16.8. The zero-order valence-corrected chi connectivity index (χ0v) is 18.4. The number of halogens is 2. The van der Waals surface area contributed by atoms with E-state index in [2.05, 4.69) is 37.8 Å². The number of aromatic nitrogens is 3. The Hall–Kier alpha value is -2.97. The summed E-state index contributed by atoms with van der Waals surface area (Å²) in [6.45, 7) is 2.29. The molecule has 2 N–H and O–H groups in total. The molecule has 6 nitrogen and oxygen atoms in total. The molecule has 0 saturated carbocycles. The fourth-order valence-electron chi connectivity index (χ4n) is 3.89. The van der Waals surface area contributed by atoms with Crippen molar-refractivity contribution in [3.8, 4) is 17.1 Å². The number of pyridine rings is 1. The minimum Gasteiger partial charge on any atom is -0.488 e. The number of aryl methyl sites for hydroxylation is 1. The van der Waals surface area contributed by atoms with Gasteiger partial charge in [0.15, 0.2) is 11.6 Å². The third-order valence-electron chi connectivity index (χ3n) is 5.47. The number of benzene rings is 2. The summed E-state index contributed by atoms with van der Waals surface area (Å²) in [4.78, 5) is 14.3. The number of nitrogens with one attached hydrogen (secondary N) is 1. The highest BCUT2D eigenvalue weighted by atomic mass is 79.9. The summed E-state index contributed by atoms with van der Waals surface area (Å²) in [5.74, 6) is 1.46. The molecule has 1 atom stereocenters. The number of H-pyrrole nitrogens is 1. The van der Waals surface area contributed by atoms with E-state index in [0.29, 0.717) is 21.6 Å². The summed E-state index contributed by atoms with van der Waals surface area (Å²) >= 11 is 3.32. The van der Waals surface area contributed by atoms with Gasteiger partial charge >= 0.3 is 0 Å². The molecule has 2 aromatic heterocycles. The van der Waals surface area contributed by atoms with Gasteiger partial charge in [-0.1, -0.05) is 35.0 Å². The quantitative estimate of drug-likeness (QED) is 0.429. The van der Waals surface area contributed by atoms with Crippen LogP contribution in [0.1, 0.15) is 12.5 Å². The van der Waals surface area contributed by atoms with Crippen LogP contribution in [0.25, 0.3) is 22.4 Å². The van der Waals surface area contributed by atoms with E-state index < -0.39 is 5.82 Å². The molecule has 0 fully saturated rings. The molecule has 158 valence electrons. The van der Waals surface area contributed by atoms with Crippen LogP contribution in [0.4, 0.5) is 15.9 Å². The van der Waals surface area contributed by atoms with E-state index >= 15 is 0 Å². The Labute approximate surface area is 186 Å². The first kappa shape index (κ1) is 20.0. The number of anilines is 2. The smallest absolute Gasteiger partial charge is 0.154 e. The number of rotatable bonds is 4. The number of ether oxygens (including phenoxy) is 1. The third-order valence-corrected chi connectivity index (χ3v) is 5.93. The molecule has 31 heavy (non-hydrogen) atoms. The second-order valence-electron chi connectivity index (χ2n) is 7.42. The Morgan fingerprint density at radius 3 is 2.90 bits per heavy atom. The van der Waals surface area contributed by atoms with Gasteiger partial charge in [-0.25, -0.2) is 14.4 Å². The molecule has 0 aliphatic carbocycles. The Balaban J connectivity index is 1.64. The second kappa shape index (κ2) is 7.94. The van der Waals surface area contributed by atoms with Gasteiger partial charge in [0, 0.05) is 10.7 Å². The van der Waals surface area contributed by atoms with Crippen molar-refractivity contribution in [1.29, 1.82) is 0 Å². The summed E-state index contributed by atoms with van der Waals surface area (Å²) in [5.41, 5.74) is 3.50. The van der Waals surface area contributed by atoms with E-state index in [4.69, 9.17) is 4.74 Å². The Bertz CT molecular complexity index is 1260. The van der Waals surface area contributed by atoms with Crippen LogP contribution >= 0.6 is 15.9 Å². The molecule has 0 bridgehead atoms. The van der Waals surface area contributed by atoms with Crippen LogP contribution in [0.5, 0.6) is 5.75 Å². The molecule has 1 aliphatic rings. The van der Waals surface area contributed by atoms with Gasteiger partial charge in [0.1, 0.15) is 23.8 Å². The summed E-state index contributed by atoms with van der Waals surface area (Å²) < 4.78 is 21.1. The van der Waals surface area contributed by atoms with Gasteiger partial charge < -0.3 is 19.7 Å². The molecule has 8 heteroatoms. The minimum absolute atomic E-state index is 0.0786. The number of aromatic amines is 1. The normalized spacial score (nSPS) is 15.7. The van der Waals surface area contributed by atoms with Crippen molar-refractivity contribution >= 4 is 38.5 Å². The van der Waals surface area contributed by atoms with Gasteiger partial charge in [-0.15, -0.1) is 0 Å². The summed E-state index contributed by atoms with van der Waals surface area (Å²) in [6.07, 6.45) is 2.75. The van der Waals surface area contributed by atoms with Gasteiger partial charge in [-0.2, -0.15) is 0 Å². The SMILES string of the molecule is CCc1ccc(N2c3cccc(-c4nc5c(F)cc(Br)cc5[nH]4)c3OC[C@@H]2CO)nc1. The number of para-hydroxylation sites is 1. The molecule has 0 unspecified atom stereocenters. The highest BCUT2D eigenvalue weighted by Crippen LogP contribution is 2.44. The molecule has 4 aromatic rings. The van der Waals surface area contributed by atoms with Gasteiger partial charge in [-0.3, -0.25) is 0 Å². The fraction of sp³-hybridized carbons (Fsp3) is 0.217. The van der Waals surface area contributed by atoms with Crippen molar-refractivity contribution in [2.24, 2.45) is 0 Å². The summed E-state index contributed by atoms with van der Waals surface area (Å²) in [5, 5.41) is 9.97. The zero-order chi connectivity index (χ0) is 21.5. The average molecular weight is 483 g/mol. The largest absolute Gasteiger partial charge is 0.488 e. The molecule has 3 heterocycles. The second-order valence-corrected chi connectivity index (χ2v) is 8.33. The molecule has 1 aliphatic heterocycles. The maximum absolute atomic E-state index is 14.4. The Morgan fingerprint density at radius 2 is 2.16 bits per heavy atom. The van der Waals surface area contributed by atoms with Crippen LogP contribution in [-0.2, 0) is 6.42 Å².